The monoisotopic (exact) mass is 254 g/mol. The lowest BCUT2D eigenvalue weighted by Crippen LogP contribution is -2.30. The Morgan fingerprint density at radius 2 is 1.84 bits per heavy atom. The second-order valence-corrected chi connectivity index (χ2v) is 4.30. The van der Waals surface area contributed by atoms with Crippen LogP contribution in [0.2, 0.25) is 0 Å². The summed E-state index contributed by atoms with van der Waals surface area (Å²) in [6.45, 7) is 5.44. The van der Waals surface area contributed by atoms with Gasteiger partial charge in [0.1, 0.15) is 0 Å². The Morgan fingerprint density at radius 3 is 2.47 bits per heavy atom. The highest BCUT2D eigenvalue weighted by Gasteiger charge is 2.12. The minimum absolute atomic E-state index is 0.0794. The number of pyridine rings is 1. The zero-order valence-electron chi connectivity index (χ0n) is 11.3. The third kappa shape index (κ3) is 2.99. The van der Waals surface area contributed by atoms with Crippen LogP contribution in [0, 0.1) is 0 Å². The molecule has 0 radical (unpaired) electrons. The fraction of sp³-hybridized carbons (Fsp3) is 0.250. The van der Waals surface area contributed by atoms with E-state index in [1.807, 2.05) is 55.1 Å². The van der Waals surface area contributed by atoms with Gasteiger partial charge >= 0.3 is 0 Å². The first kappa shape index (κ1) is 13.3. The molecule has 0 atom stereocenters. The summed E-state index contributed by atoms with van der Waals surface area (Å²) < 4.78 is 0. The SMILES string of the molecule is CCN(CC)C(=O)c1cccc(-c2cccnc2)c1. The van der Waals surface area contributed by atoms with Crippen molar-refractivity contribution in [1.29, 1.82) is 0 Å². The number of benzene rings is 1. The number of hydrogen-bond donors (Lipinski definition) is 0. The number of amides is 1. The number of carbonyl (C=O) groups excluding carboxylic acids is 1. The third-order valence-electron chi connectivity index (χ3n) is 3.16. The molecule has 0 fully saturated rings. The van der Waals surface area contributed by atoms with Crippen LogP contribution in [0.25, 0.3) is 11.1 Å². The minimum atomic E-state index is 0.0794. The minimum Gasteiger partial charge on any atom is -0.339 e. The van der Waals surface area contributed by atoms with E-state index in [0.29, 0.717) is 0 Å². The van der Waals surface area contributed by atoms with Crippen LogP contribution < -0.4 is 0 Å². The van der Waals surface area contributed by atoms with Crippen molar-refractivity contribution in [2.24, 2.45) is 0 Å². The van der Waals surface area contributed by atoms with Gasteiger partial charge in [-0.25, -0.2) is 0 Å². The molecule has 2 aromatic rings. The molecule has 0 aliphatic carbocycles. The van der Waals surface area contributed by atoms with Crippen molar-refractivity contribution < 1.29 is 4.79 Å². The predicted octanol–water partition coefficient (Wildman–Crippen LogP) is 3.23. The summed E-state index contributed by atoms with van der Waals surface area (Å²) in [5, 5.41) is 0. The van der Waals surface area contributed by atoms with E-state index < -0.39 is 0 Å². The number of aromatic nitrogens is 1. The first-order valence-corrected chi connectivity index (χ1v) is 6.56. The molecule has 1 amide bonds. The lowest BCUT2D eigenvalue weighted by Gasteiger charge is -2.18. The van der Waals surface area contributed by atoms with E-state index in [0.717, 1.165) is 29.8 Å². The Labute approximate surface area is 113 Å². The van der Waals surface area contributed by atoms with E-state index in [9.17, 15) is 4.79 Å². The molecule has 3 nitrogen and oxygen atoms in total. The highest BCUT2D eigenvalue weighted by Crippen LogP contribution is 2.19. The lowest BCUT2D eigenvalue weighted by molar-refractivity contribution is 0.0773. The zero-order valence-corrected chi connectivity index (χ0v) is 11.3. The van der Waals surface area contributed by atoms with Crippen LogP contribution >= 0.6 is 0 Å². The van der Waals surface area contributed by atoms with E-state index >= 15 is 0 Å². The summed E-state index contributed by atoms with van der Waals surface area (Å²) in [6.07, 6.45) is 3.55. The number of hydrogen-bond acceptors (Lipinski definition) is 2. The highest BCUT2D eigenvalue weighted by molar-refractivity contribution is 5.95. The van der Waals surface area contributed by atoms with Crippen molar-refractivity contribution in [3.05, 3.63) is 54.4 Å². The predicted molar refractivity (Wildman–Crippen MR) is 76.9 cm³/mol. The van der Waals surface area contributed by atoms with Crippen LogP contribution in [0.15, 0.2) is 48.8 Å². The smallest absolute Gasteiger partial charge is 0.253 e. The second-order valence-electron chi connectivity index (χ2n) is 4.30. The van der Waals surface area contributed by atoms with Gasteiger partial charge in [0.05, 0.1) is 0 Å². The first-order chi connectivity index (χ1) is 9.26. The Bertz CT molecular complexity index is 548. The number of rotatable bonds is 4. The van der Waals surface area contributed by atoms with Gasteiger partial charge in [0.2, 0.25) is 0 Å². The molecule has 0 saturated carbocycles. The van der Waals surface area contributed by atoms with E-state index in [1.54, 1.807) is 12.4 Å². The molecule has 0 N–H and O–H groups in total. The van der Waals surface area contributed by atoms with E-state index in [-0.39, 0.29) is 5.91 Å². The largest absolute Gasteiger partial charge is 0.339 e. The maximum atomic E-state index is 12.3. The zero-order chi connectivity index (χ0) is 13.7. The summed E-state index contributed by atoms with van der Waals surface area (Å²) in [6, 6.07) is 11.6. The Hall–Kier alpha value is -2.16. The summed E-state index contributed by atoms with van der Waals surface area (Å²) in [4.78, 5) is 18.2. The molecule has 1 heterocycles. The summed E-state index contributed by atoms with van der Waals surface area (Å²) in [7, 11) is 0. The van der Waals surface area contributed by atoms with Gasteiger partial charge in [-0.3, -0.25) is 9.78 Å². The Morgan fingerprint density at radius 1 is 1.11 bits per heavy atom. The van der Waals surface area contributed by atoms with Gasteiger partial charge in [0.15, 0.2) is 0 Å². The van der Waals surface area contributed by atoms with Gasteiger partial charge in [-0.2, -0.15) is 0 Å². The van der Waals surface area contributed by atoms with Crippen LogP contribution in [-0.2, 0) is 0 Å². The standard InChI is InChI=1S/C16H18N2O/c1-3-18(4-2)16(19)14-8-5-7-13(11-14)15-9-6-10-17-12-15/h5-12H,3-4H2,1-2H3. The van der Waals surface area contributed by atoms with Crippen LogP contribution in [0.4, 0.5) is 0 Å². The molecule has 2 rings (SSSR count). The molecule has 19 heavy (non-hydrogen) atoms. The van der Waals surface area contributed by atoms with Crippen LogP contribution in [0.5, 0.6) is 0 Å². The van der Waals surface area contributed by atoms with Gasteiger partial charge < -0.3 is 4.90 Å². The third-order valence-corrected chi connectivity index (χ3v) is 3.16. The van der Waals surface area contributed by atoms with Crippen molar-refractivity contribution in [3.63, 3.8) is 0 Å². The highest BCUT2D eigenvalue weighted by atomic mass is 16.2. The normalized spacial score (nSPS) is 10.2. The van der Waals surface area contributed by atoms with Gasteiger partial charge in [0, 0.05) is 36.6 Å². The van der Waals surface area contributed by atoms with E-state index in [2.05, 4.69) is 4.98 Å². The van der Waals surface area contributed by atoms with E-state index in [4.69, 9.17) is 0 Å². The molecule has 3 heteroatoms. The fourth-order valence-corrected chi connectivity index (χ4v) is 2.06. The second kappa shape index (κ2) is 6.14. The maximum Gasteiger partial charge on any atom is 0.253 e. The molecule has 1 aromatic carbocycles. The molecule has 0 spiro atoms. The van der Waals surface area contributed by atoms with Crippen molar-refractivity contribution in [3.8, 4) is 11.1 Å². The average molecular weight is 254 g/mol. The number of nitrogens with zero attached hydrogens (tertiary/aromatic N) is 2. The maximum absolute atomic E-state index is 12.3. The molecule has 0 aliphatic heterocycles. The van der Waals surface area contributed by atoms with Crippen LogP contribution in [0.1, 0.15) is 24.2 Å². The van der Waals surface area contributed by atoms with Crippen molar-refractivity contribution >= 4 is 5.91 Å². The van der Waals surface area contributed by atoms with Gasteiger partial charge in [0.25, 0.3) is 5.91 Å². The summed E-state index contributed by atoms with van der Waals surface area (Å²) in [5.74, 6) is 0.0794. The molecule has 0 bridgehead atoms. The van der Waals surface area contributed by atoms with Gasteiger partial charge in [-0.15, -0.1) is 0 Å². The number of carbonyl (C=O) groups is 1. The summed E-state index contributed by atoms with van der Waals surface area (Å²) >= 11 is 0. The van der Waals surface area contributed by atoms with Gasteiger partial charge in [-0.1, -0.05) is 18.2 Å². The Balaban J connectivity index is 2.32. The molecular weight excluding hydrogens is 236 g/mol. The summed E-state index contributed by atoms with van der Waals surface area (Å²) in [5.41, 5.74) is 2.77. The van der Waals surface area contributed by atoms with E-state index in [1.165, 1.54) is 0 Å². The van der Waals surface area contributed by atoms with Crippen molar-refractivity contribution in [2.45, 2.75) is 13.8 Å². The van der Waals surface area contributed by atoms with Crippen molar-refractivity contribution in [2.75, 3.05) is 13.1 Å². The Kier molecular flexibility index (Phi) is 4.29. The van der Waals surface area contributed by atoms with Crippen LogP contribution in [-0.4, -0.2) is 28.9 Å². The molecule has 1 aromatic heterocycles. The van der Waals surface area contributed by atoms with Gasteiger partial charge in [-0.05, 0) is 37.6 Å². The average Bonchev–Trinajstić information content (AvgIpc) is 2.49. The lowest BCUT2D eigenvalue weighted by atomic mass is 10.0. The molecule has 0 saturated heterocycles. The van der Waals surface area contributed by atoms with Crippen LogP contribution in [0.3, 0.4) is 0 Å². The topological polar surface area (TPSA) is 33.2 Å². The quantitative estimate of drug-likeness (QED) is 0.839. The molecule has 0 unspecified atom stereocenters. The van der Waals surface area contributed by atoms with Crippen molar-refractivity contribution in [1.82, 2.24) is 9.88 Å². The molecule has 0 aliphatic rings. The molecule has 98 valence electrons. The first-order valence-electron chi connectivity index (χ1n) is 6.56. The fourth-order valence-electron chi connectivity index (χ4n) is 2.06. The molecular formula is C16H18N2O.